The van der Waals surface area contributed by atoms with E-state index in [9.17, 15) is 43.1 Å². The molecule has 0 saturated heterocycles. The summed E-state index contributed by atoms with van der Waals surface area (Å²) in [7, 11) is -2.60. The Morgan fingerprint density at radius 3 is 1.51 bits per heavy atom. The zero-order valence-electron chi connectivity index (χ0n) is 34.6. The summed E-state index contributed by atoms with van der Waals surface area (Å²) in [5.74, 6) is -4.41. The van der Waals surface area contributed by atoms with E-state index in [1.54, 1.807) is 42.5 Å². The van der Waals surface area contributed by atoms with Crippen LogP contribution in [0.4, 0.5) is 0 Å². The predicted molar refractivity (Wildman–Crippen MR) is 232 cm³/mol. The lowest BCUT2D eigenvalue weighted by Gasteiger charge is -2.27. The third kappa shape index (κ3) is 15.2. The van der Waals surface area contributed by atoms with Gasteiger partial charge in [-0.05, 0) is 51.6 Å². The number of phosphoric acid groups is 1. The minimum Gasteiger partial charge on any atom is -0.469 e. The molecule has 0 fully saturated rings. The summed E-state index contributed by atoms with van der Waals surface area (Å²) in [6.45, 7) is 0. The van der Waals surface area contributed by atoms with Crippen LogP contribution in [0.3, 0.4) is 0 Å². The number of benzene rings is 5. The number of rotatable bonds is 21. The molecule has 0 aromatic heterocycles. The summed E-state index contributed by atoms with van der Waals surface area (Å²) >= 11 is 0. The fraction of sp³-hybridized carbons (Fsp3) is 0.261. The van der Waals surface area contributed by atoms with E-state index in [4.69, 9.17) is 4.74 Å². The molecule has 4 amide bonds. The second-order valence-corrected chi connectivity index (χ2v) is 15.8. The van der Waals surface area contributed by atoms with E-state index in [1.165, 1.54) is 31.4 Å². The fourth-order valence-corrected chi connectivity index (χ4v) is 7.14. The molecule has 0 aliphatic rings. The van der Waals surface area contributed by atoms with Crippen molar-refractivity contribution in [1.29, 1.82) is 0 Å². The Morgan fingerprint density at radius 2 is 1.00 bits per heavy atom. The van der Waals surface area contributed by atoms with E-state index in [0.29, 0.717) is 11.1 Å². The molecule has 0 radical (unpaired) electrons. The third-order valence-corrected chi connectivity index (χ3v) is 10.4. The summed E-state index contributed by atoms with van der Waals surface area (Å²) in [5.41, 5.74) is 2.54. The summed E-state index contributed by atoms with van der Waals surface area (Å²) < 4.78 is 25.6. The quantitative estimate of drug-likeness (QED) is 0.0458. The molecule has 17 heteroatoms. The van der Waals surface area contributed by atoms with Crippen LogP contribution >= 0.6 is 7.82 Å². The van der Waals surface area contributed by atoms with Gasteiger partial charge in [-0.25, -0.2) is 9.36 Å². The first-order valence-corrected chi connectivity index (χ1v) is 21.5. The average molecular weight is 881 g/mol. The predicted octanol–water partition coefficient (Wildman–Crippen LogP) is 3.65. The van der Waals surface area contributed by atoms with Crippen molar-refractivity contribution in [1.82, 2.24) is 21.3 Å². The monoisotopic (exact) mass is 880 g/mol. The Balaban J connectivity index is 1.42. The molecule has 0 heterocycles. The van der Waals surface area contributed by atoms with Gasteiger partial charge in [0.15, 0.2) is 0 Å². The van der Waals surface area contributed by atoms with Gasteiger partial charge >= 0.3 is 19.8 Å². The fourth-order valence-electron chi connectivity index (χ4n) is 6.74. The van der Waals surface area contributed by atoms with Gasteiger partial charge in [0, 0.05) is 25.7 Å². The molecule has 5 aromatic rings. The van der Waals surface area contributed by atoms with Crippen LogP contribution in [0.15, 0.2) is 127 Å². The molecule has 4 atom stereocenters. The maximum absolute atomic E-state index is 14.4. The van der Waals surface area contributed by atoms with Gasteiger partial charge in [-0.15, -0.1) is 0 Å². The Kier molecular flexibility index (Phi) is 17.1. The highest BCUT2D eigenvalue weighted by Crippen LogP contribution is 2.37. The van der Waals surface area contributed by atoms with E-state index >= 15 is 0 Å². The van der Waals surface area contributed by atoms with Crippen LogP contribution in [0.1, 0.15) is 35.1 Å². The molecular weight excluding hydrogens is 831 g/mol. The first-order chi connectivity index (χ1) is 30.2. The first-order valence-electron chi connectivity index (χ1n) is 19.9. The average Bonchev–Trinajstić information content (AvgIpc) is 3.27. The molecule has 63 heavy (non-hydrogen) atoms. The first kappa shape index (κ1) is 47.2. The standard InChI is InChI=1S/C46H49N4O12P/c1-60-42(52)24-23-37(46(56)61-2)48-44(54)40(28-32-18-21-36(22-19-32)62-63(57,58)59)50-45(55)39(27-31-13-7-4-8-14-31)49-43(53)38(26-30-11-5-3-6-12-30)47-41(51)29-33-17-20-34-15-9-10-16-35(34)25-33/h3-22,25,37-40H,23-24,26-29H2,1-2H3,(H,47,51)(H,48,54)(H,49,53)(H,50,55)(H2,57,58,59)/t37-,38-,39-,40-/m1/s1. The molecule has 5 rings (SSSR count). The Labute approximate surface area is 364 Å². The van der Waals surface area contributed by atoms with Crippen LogP contribution in [-0.4, -0.2) is 83.7 Å². The Bertz CT molecular complexity index is 2410. The molecule has 330 valence electrons. The molecule has 0 bridgehead atoms. The lowest BCUT2D eigenvalue weighted by molar-refractivity contribution is -0.146. The Morgan fingerprint density at radius 1 is 0.540 bits per heavy atom. The third-order valence-electron chi connectivity index (χ3n) is 9.92. The number of phosphoric ester groups is 1. The largest absolute Gasteiger partial charge is 0.524 e. The van der Waals surface area contributed by atoms with Crippen LogP contribution in [0.5, 0.6) is 5.75 Å². The van der Waals surface area contributed by atoms with Crippen molar-refractivity contribution in [3.63, 3.8) is 0 Å². The summed E-state index contributed by atoms with van der Waals surface area (Å²) in [6.07, 6.45) is -0.624. The van der Waals surface area contributed by atoms with Gasteiger partial charge in [0.2, 0.25) is 23.6 Å². The molecule has 0 spiro atoms. The van der Waals surface area contributed by atoms with Crippen LogP contribution < -0.4 is 25.8 Å². The van der Waals surface area contributed by atoms with Gasteiger partial charge in [-0.2, -0.15) is 0 Å². The molecular formula is C46H49N4O12P. The van der Waals surface area contributed by atoms with Gasteiger partial charge in [0.05, 0.1) is 20.6 Å². The normalized spacial score (nSPS) is 13.0. The molecule has 0 unspecified atom stereocenters. The molecule has 5 aromatic carbocycles. The maximum Gasteiger partial charge on any atom is 0.524 e. The molecule has 0 saturated carbocycles. The number of ether oxygens (including phenoxy) is 2. The number of esters is 2. The van der Waals surface area contributed by atoms with Crippen LogP contribution in [0, 0.1) is 0 Å². The van der Waals surface area contributed by atoms with Crippen molar-refractivity contribution in [3.8, 4) is 5.75 Å². The van der Waals surface area contributed by atoms with E-state index in [-0.39, 0.29) is 44.3 Å². The highest BCUT2D eigenvalue weighted by atomic mass is 31.2. The van der Waals surface area contributed by atoms with Gasteiger partial charge < -0.3 is 35.3 Å². The second-order valence-electron chi connectivity index (χ2n) is 14.6. The second kappa shape index (κ2) is 22.8. The summed E-state index contributed by atoms with van der Waals surface area (Å²) in [6, 6.07) is 31.5. The van der Waals surface area contributed by atoms with E-state index in [2.05, 4.69) is 30.5 Å². The Hall–Kier alpha value is -6.87. The highest BCUT2D eigenvalue weighted by molar-refractivity contribution is 7.46. The van der Waals surface area contributed by atoms with E-state index < -0.39 is 67.6 Å². The highest BCUT2D eigenvalue weighted by Gasteiger charge is 2.32. The smallest absolute Gasteiger partial charge is 0.469 e. The van der Waals surface area contributed by atoms with Gasteiger partial charge in [-0.1, -0.05) is 115 Å². The number of nitrogens with one attached hydrogen (secondary N) is 4. The molecule has 16 nitrogen and oxygen atoms in total. The lowest BCUT2D eigenvalue weighted by atomic mass is 10.0. The number of carbonyl (C=O) groups excluding carboxylic acids is 6. The van der Waals surface area contributed by atoms with E-state index in [0.717, 1.165) is 29.0 Å². The zero-order valence-corrected chi connectivity index (χ0v) is 35.5. The maximum atomic E-state index is 14.4. The number of amides is 4. The SMILES string of the molecule is COC(=O)CC[C@@H](NC(=O)[C@@H](Cc1ccc(OP(=O)(O)O)cc1)NC(=O)[C@@H](Cc1ccccc1)NC(=O)[C@@H](Cc1ccccc1)NC(=O)Cc1ccc2ccccc2c1)C(=O)OC. The van der Waals surface area contributed by atoms with Gasteiger partial charge in [0.25, 0.3) is 0 Å². The minimum atomic E-state index is -4.88. The minimum absolute atomic E-state index is 0.0211. The number of hydrogen-bond donors (Lipinski definition) is 6. The lowest BCUT2D eigenvalue weighted by Crippen LogP contribution is -2.59. The summed E-state index contributed by atoms with van der Waals surface area (Å²) in [5, 5.41) is 12.9. The van der Waals surface area contributed by atoms with Crippen molar-refractivity contribution in [2.75, 3.05) is 14.2 Å². The molecule has 0 aliphatic carbocycles. The van der Waals surface area contributed by atoms with Crippen LogP contribution in [0.25, 0.3) is 10.8 Å². The molecule has 6 N–H and O–H groups in total. The van der Waals surface area contributed by atoms with Crippen LogP contribution in [0.2, 0.25) is 0 Å². The number of carbonyl (C=O) groups is 6. The van der Waals surface area contributed by atoms with Crippen molar-refractivity contribution < 1.29 is 57.1 Å². The number of methoxy groups -OCH3 is 2. The van der Waals surface area contributed by atoms with Gasteiger partial charge in [0.1, 0.15) is 29.9 Å². The zero-order chi connectivity index (χ0) is 45.4. The van der Waals surface area contributed by atoms with Crippen molar-refractivity contribution in [2.24, 2.45) is 0 Å². The topological polar surface area (TPSA) is 236 Å². The van der Waals surface area contributed by atoms with Crippen molar-refractivity contribution >= 4 is 54.2 Å². The van der Waals surface area contributed by atoms with Crippen LogP contribution in [-0.2, 0) is 68.5 Å². The number of hydrogen-bond acceptors (Lipinski definition) is 10. The molecule has 0 aliphatic heterocycles. The number of fused-ring (bicyclic) bond motifs is 1. The van der Waals surface area contributed by atoms with Gasteiger partial charge in [-0.3, -0.25) is 33.8 Å². The summed E-state index contributed by atoms with van der Waals surface area (Å²) in [4.78, 5) is 99.5. The van der Waals surface area contributed by atoms with Crippen molar-refractivity contribution in [2.45, 2.75) is 62.7 Å². The van der Waals surface area contributed by atoms with E-state index in [1.807, 2.05) is 60.7 Å². The van der Waals surface area contributed by atoms with Crippen molar-refractivity contribution in [3.05, 3.63) is 150 Å².